The molecule has 1 atom stereocenters. The van der Waals surface area contributed by atoms with E-state index in [1.54, 1.807) is 0 Å². The lowest BCUT2D eigenvalue weighted by Crippen LogP contribution is -2.12. The molecule has 0 saturated heterocycles. The summed E-state index contributed by atoms with van der Waals surface area (Å²) in [4.78, 5) is 4.40. The minimum Gasteiger partial charge on any atom is -0.387 e. The van der Waals surface area contributed by atoms with Gasteiger partial charge in [-0.05, 0) is 24.6 Å². The number of aliphatic hydroxyl groups excluding tert-OH is 1. The molecule has 1 aromatic heterocycles. The van der Waals surface area contributed by atoms with Gasteiger partial charge in [-0.1, -0.05) is 18.2 Å². The molecule has 3 nitrogen and oxygen atoms in total. The fraction of sp³-hybridized carbons (Fsp3) is 0.250. The van der Waals surface area contributed by atoms with Crippen molar-refractivity contribution in [2.75, 3.05) is 6.54 Å². The third-order valence-corrected chi connectivity index (χ3v) is 2.46. The maximum atomic E-state index is 9.80. The lowest BCUT2D eigenvalue weighted by Gasteiger charge is -2.12. The van der Waals surface area contributed by atoms with E-state index < -0.39 is 6.10 Å². The van der Waals surface area contributed by atoms with Crippen LogP contribution in [0.5, 0.6) is 0 Å². The average molecular weight is 202 g/mol. The van der Waals surface area contributed by atoms with Crippen molar-refractivity contribution in [3.63, 3.8) is 0 Å². The molecule has 0 amide bonds. The standard InChI is InChI=1S/C12H14N2O/c1-8-6-10(12(15)7-13)9-4-2-3-5-11(9)14-8/h2-6,12,15H,7,13H2,1H3/t12-/m0/s1. The Morgan fingerprint density at radius 1 is 1.40 bits per heavy atom. The summed E-state index contributed by atoms with van der Waals surface area (Å²) in [5, 5.41) is 10.8. The molecule has 1 aromatic carbocycles. The molecular formula is C12H14N2O. The number of hydrogen-bond acceptors (Lipinski definition) is 3. The molecule has 0 fully saturated rings. The van der Waals surface area contributed by atoms with E-state index >= 15 is 0 Å². The Morgan fingerprint density at radius 3 is 2.87 bits per heavy atom. The van der Waals surface area contributed by atoms with Crippen molar-refractivity contribution in [2.24, 2.45) is 5.73 Å². The molecule has 0 radical (unpaired) electrons. The number of pyridine rings is 1. The highest BCUT2D eigenvalue weighted by atomic mass is 16.3. The Kier molecular flexibility index (Phi) is 2.66. The summed E-state index contributed by atoms with van der Waals surface area (Å²) >= 11 is 0. The fourth-order valence-corrected chi connectivity index (χ4v) is 1.74. The van der Waals surface area contributed by atoms with Gasteiger partial charge >= 0.3 is 0 Å². The predicted octanol–water partition coefficient (Wildman–Crippen LogP) is 1.54. The van der Waals surface area contributed by atoms with E-state index in [9.17, 15) is 5.11 Å². The number of hydrogen-bond donors (Lipinski definition) is 2. The Bertz CT molecular complexity index is 482. The molecule has 0 aliphatic carbocycles. The van der Waals surface area contributed by atoms with Crippen molar-refractivity contribution in [3.05, 3.63) is 41.6 Å². The van der Waals surface area contributed by atoms with Crippen molar-refractivity contribution in [2.45, 2.75) is 13.0 Å². The highest BCUT2D eigenvalue weighted by Gasteiger charge is 2.10. The minimum atomic E-state index is -0.614. The summed E-state index contributed by atoms with van der Waals surface area (Å²) < 4.78 is 0. The first-order chi connectivity index (χ1) is 7.22. The zero-order chi connectivity index (χ0) is 10.8. The number of fused-ring (bicyclic) bond motifs is 1. The van der Waals surface area contributed by atoms with Crippen LogP contribution in [0, 0.1) is 6.92 Å². The molecule has 0 saturated carbocycles. The molecular weight excluding hydrogens is 188 g/mol. The molecule has 0 aliphatic rings. The number of benzene rings is 1. The minimum absolute atomic E-state index is 0.230. The summed E-state index contributed by atoms with van der Waals surface area (Å²) in [5.41, 5.74) is 8.14. The van der Waals surface area contributed by atoms with Gasteiger partial charge in [0.2, 0.25) is 0 Å². The summed E-state index contributed by atoms with van der Waals surface area (Å²) in [7, 11) is 0. The van der Waals surface area contributed by atoms with Gasteiger partial charge in [-0.3, -0.25) is 4.98 Å². The number of nitrogens with zero attached hydrogens (tertiary/aromatic N) is 1. The van der Waals surface area contributed by atoms with Gasteiger partial charge in [0.25, 0.3) is 0 Å². The van der Waals surface area contributed by atoms with Gasteiger partial charge in [-0.25, -0.2) is 0 Å². The molecule has 0 aliphatic heterocycles. The monoisotopic (exact) mass is 202 g/mol. The van der Waals surface area contributed by atoms with Crippen molar-refractivity contribution in [1.29, 1.82) is 0 Å². The Labute approximate surface area is 88.6 Å². The quantitative estimate of drug-likeness (QED) is 0.776. The number of aromatic nitrogens is 1. The second-order valence-electron chi connectivity index (χ2n) is 3.62. The van der Waals surface area contributed by atoms with E-state index in [0.717, 1.165) is 22.2 Å². The predicted molar refractivity (Wildman–Crippen MR) is 60.5 cm³/mol. The zero-order valence-corrected chi connectivity index (χ0v) is 8.64. The van der Waals surface area contributed by atoms with Crippen LogP contribution in [0.25, 0.3) is 10.9 Å². The SMILES string of the molecule is Cc1cc([C@@H](O)CN)c2ccccc2n1. The topological polar surface area (TPSA) is 59.1 Å². The number of nitrogens with two attached hydrogens (primary N) is 1. The molecule has 2 rings (SSSR count). The first kappa shape index (κ1) is 10.1. The van der Waals surface area contributed by atoms with E-state index in [1.807, 2.05) is 37.3 Å². The van der Waals surface area contributed by atoms with Crippen LogP contribution in [0.4, 0.5) is 0 Å². The largest absolute Gasteiger partial charge is 0.387 e. The van der Waals surface area contributed by atoms with Crippen molar-refractivity contribution >= 4 is 10.9 Å². The normalized spacial score (nSPS) is 13.0. The molecule has 15 heavy (non-hydrogen) atoms. The summed E-state index contributed by atoms with van der Waals surface area (Å²) in [6, 6.07) is 9.66. The summed E-state index contributed by atoms with van der Waals surface area (Å²) in [5.74, 6) is 0. The zero-order valence-electron chi connectivity index (χ0n) is 8.64. The molecule has 0 bridgehead atoms. The van der Waals surface area contributed by atoms with E-state index in [4.69, 9.17) is 5.73 Å². The lowest BCUT2D eigenvalue weighted by molar-refractivity contribution is 0.188. The number of aliphatic hydroxyl groups is 1. The molecule has 0 unspecified atom stereocenters. The number of para-hydroxylation sites is 1. The van der Waals surface area contributed by atoms with Gasteiger partial charge in [-0.2, -0.15) is 0 Å². The first-order valence-electron chi connectivity index (χ1n) is 4.97. The molecule has 0 spiro atoms. The van der Waals surface area contributed by atoms with Gasteiger partial charge in [0.15, 0.2) is 0 Å². The second kappa shape index (κ2) is 3.96. The molecule has 2 aromatic rings. The number of aryl methyl sites for hydroxylation is 1. The van der Waals surface area contributed by atoms with Crippen LogP contribution in [0.15, 0.2) is 30.3 Å². The smallest absolute Gasteiger partial charge is 0.0919 e. The van der Waals surface area contributed by atoms with Gasteiger partial charge in [0.1, 0.15) is 0 Å². The van der Waals surface area contributed by atoms with Crippen LogP contribution in [0.2, 0.25) is 0 Å². The second-order valence-corrected chi connectivity index (χ2v) is 3.62. The van der Waals surface area contributed by atoms with Crippen LogP contribution < -0.4 is 5.73 Å². The Balaban J connectivity index is 2.71. The van der Waals surface area contributed by atoms with Crippen molar-refractivity contribution in [3.8, 4) is 0 Å². The van der Waals surface area contributed by atoms with Crippen LogP contribution >= 0.6 is 0 Å². The lowest BCUT2D eigenvalue weighted by atomic mass is 10.0. The molecule has 1 heterocycles. The first-order valence-corrected chi connectivity index (χ1v) is 4.97. The fourth-order valence-electron chi connectivity index (χ4n) is 1.74. The third kappa shape index (κ3) is 1.84. The molecule has 3 heteroatoms. The maximum Gasteiger partial charge on any atom is 0.0919 e. The van der Waals surface area contributed by atoms with Gasteiger partial charge in [-0.15, -0.1) is 0 Å². The highest BCUT2D eigenvalue weighted by Crippen LogP contribution is 2.23. The van der Waals surface area contributed by atoms with Crippen LogP contribution in [0.1, 0.15) is 17.4 Å². The Morgan fingerprint density at radius 2 is 2.13 bits per heavy atom. The van der Waals surface area contributed by atoms with Gasteiger partial charge in [0.05, 0.1) is 11.6 Å². The van der Waals surface area contributed by atoms with Gasteiger partial charge < -0.3 is 10.8 Å². The Hall–Kier alpha value is -1.45. The van der Waals surface area contributed by atoms with E-state index in [-0.39, 0.29) is 6.54 Å². The summed E-state index contributed by atoms with van der Waals surface area (Å²) in [6.07, 6.45) is -0.614. The van der Waals surface area contributed by atoms with E-state index in [1.165, 1.54) is 0 Å². The maximum absolute atomic E-state index is 9.80. The third-order valence-electron chi connectivity index (χ3n) is 2.46. The van der Waals surface area contributed by atoms with Gasteiger partial charge in [0, 0.05) is 17.6 Å². The van der Waals surface area contributed by atoms with E-state index in [0.29, 0.717) is 0 Å². The number of rotatable bonds is 2. The molecule has 78 valence electrons. The van der Waals surface area contributed by atoms with Crippen LogP contribution in [0.3, 0.4) is 0 Å². The van der Waals surface area contributed by atoms with Crippen molar-refractivity contribution < 1.29 is 5.11 Å². The molecule has 3 N–H and O–H groups in total. The summed E-state index contributed by atoms with van der Waals surface area (Å²) in [6.45, 7) is 2.15. The van der Waals surface area contributed by atoms with Crippen LogP contribution in [-0.4, -0.2) is 16.6 Å². The van der Waals surface area contributed by atoms with Crippen LogP contribution in [-0.2, 0) is 0 Å². The van der Waals surface area contributed by atoms with Crippen molar-refractivity contribution in [1.82, 2.24) is 4.98 Å². The average Bonchev–Trinajstić information content (AvgIpc) is 2.26. The van der Waals surface area contributed by atoms with E-state index in [2.05, 4.69) is 4.98 Å². The highest BCUT2D eigenvalue weighted by molar-refractivity contribution is 5.82.